The Bertz CT molecular complexity index is 1790. The van der Waals surface area contributed by atoms with Gasteiger partial charge in [0, 0.05) is 66.9 Å². The number of ether oxygens (including phenoxy) is 1. The van der Waals surface area contributed by atoms with Gasteiger partial charge in [0.05, 0.1) is 0 Å². The summed E-state index contributed by atoms with van der Waals surface area (Å²) in [5.41, 5.74) is 2.87. The van der Waals surface area contributed by atoms with E-state index < -0.39 is 0 Å². The third-order valence-electron chi connectivity index (χ3n) is 7.19. The molecule has 1 saturated heterocycles. The Morgan fingerprint density at radius 3 is 2.52 bits per heavy atom. The third-order valence-corrected chi connectivity index (χ3v) is 7.19. The van der Waals surface area contributed by atoms with E-state index in [0.717, 1.165) is 60.4 Å². The Balaban J connectivity index is 1.21. The summed E-state index contributed by atoms with van der Waals surface area (Å²) < 4.78 is 12.2. The number of benzene rings is 3. The Labute approximate surface area is 232 Å². The fourth-order valence-electron chi connectivity index (χ4n) is 4.85. The molecule has 40 heavy (non-hydrogen) atoms. The van der Waals surface area contributed by atoms with Gasteiger partial charge in [-0.15, -0.1) is 0 Å². The lowest BCUT2D eigenvalue weighted by molar-refractivity contribution is 0.134. The van der Waals surface area contributed by atoms with Gasteiger partial charge in [0.25, 0.3) is 0 Å². The van der Waals surface area contributed by atoms with Crippen molar-refractivity contribution >= 4 is 21.7 Å². The number of hydrogen-bond donors (Lipinski definition) is 1. The van der Waals surface area contributed by atoms with Crippen molar-refractivity contribution in [3.63, 3.8) is 0 Å². The molecule has 3 heterocycles. The number of hydrogen-bond acceptors (Lipinski definition) is 7. The highest BCUT2D eigenvalue weighted by Crippen LogP contribution is 2.24. The van der Waals surface area contributed by atoms with Gasteiger partial charge in [0.1, 0.15) is 29.0 Å². The first kappa shape index (κ1) is 25.6. The summed E-state index contributed by atoms with van der Waals surface area (Å²) in [6.07, 6.45) is 1.81. The third kappa shape index (κ3) is 5.84. The predicted octanol–water partition coefficient (Wildman–Crippen LogP) is 4.96. The van der Waals surface area contributed by atoms with E-state index in [2.05, 4.69) is 38.8 Å². The lowest BCUT2D eigenvalue weighted by Crippen LogP contribution is -2.45. The molecule has 0 amide bonds. The summed E-state index contributed by atoms with van der Waals surface area (Å²) >= 11 is 0. The van der Waals surface area contributed by atoms with Gasteiger partial charge in [-0.2, -0.15) is 0 Å². The van der Waals surface area contributed by atoms with E-state index in [1.54, 1.807) is 6.07 Å². The van der Waals surface area contributed by atoms with Crippen molar-refractivity contribution in [1.29, 1.82) is 0 Å². The molecule has 1 fully saturated rings. The van der Waals surface area contributed by atoms with Gasteiger partial charge in [-0.25, -0.2) is 0 Å². The quantitative estimate of drug-likeness (QED) is 0.197. The minimum atomic E-state index is 0.409. The summed E-state index contributed by atoms with van der Waals surface area (Å²) in [6.45, 7) is 5.94. The van der Waals surface area contributed by atoms with Crippen molar-refractivity contribution in [2.24, 2.45) is 5.16 Å². The number of pyridine rings is 1. The van der Waals surface area contributed by atoms with Crippen LogP contribution in [0.1, 0.15) is 11.1 Å². The van der Waals surface area contributed by atoms with Gasteiger partial charge in [0.15, 0.2) is 5.76 Å². The van der Waals surface area contributed by atoms with Crippen LogP contribution in [0.5, 0.6) is 5.75 Å². The van der Waals surface area contributed by atoms with Crippen LogP contribution < -0.4 is 10.1 Å². The SMILES string of the molecule is CN1CCN(CCOc2cccc(C#Cc3ccc4c(=NO)cc(-c5cc6ccccc6cn5)oc4c3)c2)CC1. The van der Waals surface area contributed by atoms with Crippen LogP contribution in [0.25, 0.3) is 33.2 Å². The van der Waals surface area contributed by atoms with Crippen molar-refractivity contribution in [1.82, 2.24) is 14.8 Å². The van der Waals surface area contributed by atoms with Gasteiger partial charge in [0.2, 0.25) is 0 Å². The standard InChI is InChI=1S/C33H30N4O3/c1-36-13-15-37(16-14-36)17-18-39-28-8-4-5-24(19-28)9-10-25-11-12-29-30(35-38)22-33(40-32(29)20-25)31-21-26-6-2-3-7-27(26)23-34-31/h2-8,11-12,19-23,38H,13-18H2,1H3. The smallest absolute Gasteiger partial charge is 0.155 e. The van der Waals surface area contributed by atoms with E-state index in [9.17, 15) is 5.21 Å². The van der Waals surface area contributed by atoms with Crippen LogP contribution in [0.15, 0.2) is 94.6 Å². The van der Waals surface area contributed by atoms with Crippen LogP contribution in [0.3, 0.4) is 0 Å². The molecule has 0 bridgehead atoms. The van der Waals surface area contributed by atoms with E-state index in [4.69, 9.17) is 9.15 Å². The minimum Gasteiger partial charge on any atom is -0.492 e. The molecule has 6 rings (SSSR count). The second-order valence-corrected chi connectivity index (χ2v) is 9.99. The number of fused-ring (bicyclic) bond motifs is 2. The topological polar surface area (TPSA) is 74.3 Å². The molecule has 200 valence electrons. The highest BCUT2D eigenvalue weighted by molar-refractivity contribution is 5.85. The Morgan fingerprint density at radius 1 is 0.900 bits per heavy atom. The zero-order valence-corrected chi connectivity index (χ0v) is 22.4. The fraction of sp³-hybridized carbons (Fsp3) is 0.212. The van der Waals surface area contributed by atoms with Gasteiger partial charge < -0.3 is 19.3 Å². The first-order valence-electron chi connectivity index (χ1n) is 13.4. The van der Waals surface area contributed by atoms with Gasteiger partial charge in [-0.05, 0) is 54.9 Å². The number of piperazine rings is 1. The number of rotatable bonds is 5. The molecule has 0 unspecified atom stereocenters. The maximum atomic E-state index is 9.69. The van der Waals surface area contributed by atoms with Crippen LogP contribution in [0.2, 0.25) is 0 Å². The van der Waals surface area contributed by atoms with Crippen LogP contribution in [0, 0.1) is 11.8 Å². The molecule has 7 heteroatoms. The first-order valence-corrected chi connectivity index (χ1v) is 13.4. The van der Waals surface area contributed by atoms with Crippen LogP contribution in [0.4, 0.5) is 0 Å². The lowest BCUT2D eigenvalue weighted by atomic mass is 10.1. The van der Waals surface area contributed by atoms with Crippen molar-refractivity contribution in [3.8, 4) is 29.0 Å². The van der Waals surface area contributed by atoms with E-state index in [1.165, 1.54) is 0 Å². The van der Waals surface area contributed by atoms with E-state index in [1.807, 2.05) is 79.0 Å². The van der Waals surface area contributed by atoms with Crippen molar-refractivity contribution in [2.45, 2.75) is 0 Å². The highest BCUT2D eigenvalue weighted by atomic mass is 16.5. The minimum absolute atomic E-state index is 0.409. The molecular weight excluding hydrogens is 500 g/mol. The van der Waals surface area contributed by atoms with E-state index >= 15 is 0 Å². The predicted molar refractivity (Wildman–Crippen MR) is 156 cm³/mol. The zero-order valence-electron chi connectivity index (χ0n) is 22.4. The molecule has 0 aliphatic carbocycles. The molecule has 0 spiro atoms. The number of likely N-dealkylation sites (N-methyl/N-ethyl adjacent to an activating group) is 1. The maximum absolute atomic E-state index is 9.69. The average molecular weight is 531 g/mol. The Hall–Kier alpha value is -4.64. The Kier molecular flexibility index (Phi) is 7.45. The zero-order chi connectivity index (χ0) is 27.3. The molecule has 1 aliphatic heterocycles. The second kappa shape index (κ2) is 11.6. The summed E-state index contributed by atoms with van der Waals surface area (Å²) in [6, 6.07) is 25.1. The first-order chi connectivity index (χ1) is 19.6. The van der Waals surface area contributed by atoms with Gasteiger partial charge in [-0.1, -0.05) is 47.3 Å². The largest absolute Gasteiger partial charge is 0.492 e. The summed E-state index contributed by atoms with van der Waals surface area (Å²) in [5.74, 6) is 7.79. The molecule has 7 nitrogen and oxygen atoms in total. The summed E-state index contributed by atoms with van der Waals surface area (Å²) in [5, 5.41) is 16.4. The molecule has 0 saturated carbocycles. The van der Waals surface area contributed by atoms with Crippen LogP contribution >= 0.6 is 0 Å². The van der Waals surface area contributed by atoms with Gasteiger partial charge >= 0.3 is 0 Å². The van der Waals surface area contributed by atoms with Crippen LogP contribution in [-0.2, 0) is 0 Å². The normalized spacial score (nSPS) is 14.8. The molecule has 1 aliphatic rings. The van der Waals surface area contributed by atoms with Gasteiger partial charge in [-0.3, -0.25) is 9.88 Å². The maximum Gasteiger partial charge on any atom is 0.155 e. The lowest BCUT2D eigenvalue weighted by Gasteiger charge is -2.32. The molecule has 0 radical (unpaired) electrons. The average Bonchev–Trinajstić information content (AvgIpc) is 3.00. The molecule has 3 aromatic carbocycles. The Morgan fingerprint density at radius 2 is 1.70 bits per heavy atom. The van der Waals surface area contributed by atoms with E-state index in [0.29, 0.717) is 34.4 Å². The molecule has 1 N–H and O–H groups in total. The number of aromatic nitrogens is 1. The summed E-state index contributed by atoms with van der Waals surface area (Å²) in [7, 11) is 2.16. The molecule has 2 aromatic heterocycles. The molecular formula is C33H30N4O3. The highest BCUT2D eigenvalue weighted by Gasteiger charge is 2.13. The molecule has 5 aromatic rings. The van der Waals surface area contributed by atoms with E-state index in [-0.39, 0.29) is 0 Å². The summed E-state index contributed by atoms with van der Waals surface area (Å²) in [4.78, 5) is 9.34. The van der Waals surface area contributed by atoms with Crippen LogP contribution in [-0.4, -0.2) is 66.4 Å². The monoisotopic (exact) mass is 530 g/mol. The van der Waals surface area contributed by atoms with Crippen molar-refractivity contribution in [2.75, 3.05) is 46.4 Å². The fourth-order valence-corrected chi connectivity index (χ4v) is 4.85. The second-order valence-electron chi connectivity index (χ2n) is 9.99. The number of nitrogens with zero attached hydrogens (tertiary/aromatic N) is 4. The van der Waals surface area contributed by atoms with Crippen molar-refractivity contribution in [3.05, 3.63) is 102 Å². The molecule has 0 atom stereocenters. The van der Waals surface area contributed by atoms with Crippen molar-refractivity contribution < 1.29 is 14.4 Å².